The summed E-state index contributed by atoms with van der Waals surface area (Å²) in [6, 6.07) is -4.13. The number of urea groups is 1. The van der Waals surface area contributed by atoms with Crippen LogP contribution in [0.15, 0.2) is 12.7 Å². The van der Waals surface area contributed by atoms with Gasteiger partial charge in [-0.1, -0.05) is 67.9 Å². The van der Waals surface area contributed by atoms with Crippen molar-refractivity contribution < 1.29 is 38.2 Å². The van der Waals surface area contributed by atoms with Crippen LogP contribution in [0.1, 0.15) is 82.1 Å². The van der Waals surface area contributed by atoms with Crippen LogP contribution < -0.4 is 21.3 Å². The molecule has 4 N–H and O–H groups in total. The van der Waals surface area contributed by atoms with Crippen LogP contribution in [0, 0.1) is 28.6 Å². The van der Waals surface area contributed by atoms with Crippen molar-refractivity contribution in [1.29, 1.82) is 0 Å². The Morgan fingerprint density at radius 2 is 1.65 bits per heavy atom. The van der Waals surface area contributed by atoms with Gasteiger partial charge in [-0.2, -0.15) is 0 Å². The molecule has 1 heterocycles. The van der Waals surface area contributed by atoms with E-state index < -0.39 is 65.3 Å². The van der Waals surface area contributed by atoms with Crippen LogP contribution in [0.5, 0.6) is 0 Å². The molecule has 0 bridgehead atoms. The van der Waals surface area contributed by atoms with E-state index in [1.54, 1.807) is 13.8 Å². The zero-order valence-corrected chi connectivity index (χ0v) is 29.2. The number of ketones is 1. The second-order valence-electron chi connectivity index (χ2n) is 14.6. The van der Waals surface area contributed by atoms with E-state index >= 15 is 0 Å². The molecule has 0 radical (unpaired) electrons. The second-order valence-corrected chi connectivity index (χ2v) is 14.6. The number of nitrogens with zero attached hydrogens (tertiary/aromatic N) is 1. The minimum Gasteiger partial charge on any atom is -0.432 e. The maximum Gasteiger partial charge on any atom is 0.508 e. The smallest absolute Gasteiger partial charge is 0.432 e. The quantitative estimate of drug-likeness (QED) is 0.119. The van der Waals surface area contributed by atoms with Gasteiger partial charge in [-0.05, 0) is 48.9 Å². The lowest BCUT2D eigenvalue weighted by Gasteiger charge is -2.38. The first-order valence-electron chi connectivity index (χ1n) is 16.2. The maximum absolute atomic E-state index is 14.2. The zero-order chi connectivity index (χ0) is 35.1. The molecule has 5 amide bonds. The highest BCUT2D eigenvalue weighted by atomic mass is 16.7. The average Bonchev–Trinajstić information content (AvgIpc) is 3.26. The molecule has 6 atom stereocenters. The summed E-state index contributed by atoms with van der Waals surface area (Å²) in [7, 11) is 0. The molecule has 46 heavy (non-hydrogen) atoms. The van der Waals surface area contributed by atoms with Gasteiger partial charge in [0.1, 0.15) is 18.7 Å². The third kappa shape index (κ3) is 9.68. The topological polar surface area (TPSA) is 172 Å². The van der Waals surface area contributed by atoms with Crippen molar-refractivity contribution >= 4 is 35.7 Å². The number of likely N-dealkylation sites (tertiary alicyclic amines) is 1. The van der Waals surface area contributed by atoms with E-state index in [2.05, 4.69) is 27.8 Å². The molecule has 13 nitrogen and oxygen atoms in total. The highest BCUT2D eigenvalue weighted by molar-refractivity contribution is 6.38. The number of nitrogens with one attached hydrogen (secondary N) is 4. The molecule has 2 fully saturated rings. The third-order valence-corrected chi connectivity index (χ3v) is 8.82. The summed E-state index contributed by atoms with van der Waals surface area (Å²) < 4.78 is 10.2. The van der Waals surface area contributed by atoms with Gasteiger partial charge in [-0.15, -0.1) is 6.58 Å². The Balaban J connectivity index is 2.25. The van der Waals surface area contributed by atoms with Crippen LogP contribution in [0.3, 0.4) is 0 Å². The molecule has 2 rings (SSSR count). The lowest BCUT2D eigenvalue weighted by molar-refractivity contribution is -0.145. The lowest BCUT2D eigenvalue weighted by atomic mass is 9.85. The number of rotatable bonds is 15. The molecule has 13 heteroatoms. The van der Waals surface area contributed by atoms with Crippen molar-refractivity contribution in [1.82, 2.24) is 26.2 Å². The molecule has 1 saturated carbocycles. The molecular weight excluding hydrogens is 594 g/mol. The van der Waals surface area contributed by atoms with Crippen LogP contribution in [-0.2, 0) is 28.7 Å². The van der Waals surface area contributed by atoms with Gasteiger partial charge in [0.15, 0.2) is 0 Å². The van der Waals surface area contributed by atoms with Gasteiger partial charge >= 0.3 is 12.2 Å². The van der Waals surface area contributed by atoms with Crippen LogP contribution in [0.25, 0.3) is 0 Å². The zero-order valence-electron chi connectivity index (χ0n) is 29.2. The largest absolute Gasteiger partial charge is 0.508 e. The van der Waals surface area contributed by atoms with Crippen LogP contribution in [0.4, 0.5) is 9.59 Å². The first-order chi connectivity index (χ1) is 21.3. The molecule has 0 spiro atoms. The van der Waals surface area contributed by atoms with Crippen LogP contribution in [0.2, 0.25) is 0 Å². The Bertz CT molecular complexity index is 1160. The number of Topliss-reactive ketones (excluding diaryl/α,β-unsaturated/α-hetero) is 1. The molecular formula is C33H55N5O8. The SMILES string of the molecule is C=CCNC(=O)C(=O)C(CCC)NC(=O)[C@@H]1C2C(CN1C(=O)[C@@H](NC(=O)N[C@@H](COC(=O)OC(C)C)C(C)C)C(C)(C)C)C2(C)C. The number of amides is 5. The van der Waals surface area contributed by atoms with E-state index in [1.807, 2.05) is 55.4 Å². The van der Waals surface area contributed by atoms with Crippen molar-refractivity contribution in [2.45, 2.75) is 112 Å². The summed E-state index contributed by atoms with van der Waals surface area (Å²) >= 11 is 0. The van der Waals surface area contributed by atoms with E-state index in [0.29, 0.717) is 13.0 Å². The fourth-order valence-electron chi connectivity index (χ4n) is 5.98. The van der Waals surface area contributed by atoms with Gasteiger partial charge in [0.05, 0.1) is 18.2 Å². The Kier molecular flexibility index (Phi) is 13.2. The van der Waals surface area contributed by atoms with Gasteiger partial charge in [-0.3, -0.25) is 19.2 Å². The second kappa shape index (κ2) is 15.8. The first-order valence-corrected chi connectivity index (χ1v) is 16.2. The number of fused-ring (bicyclic) bond motifs is 1. The summed E-state index contributed by atoms with van der Waals surface area (Å²) in [5.74, 6) is -2.70. The molecule has 1 aliphatic carbocycles. The molecule has 0 aromatic rings. The number of carbonyl (C=O) groups excluding carboxylic acids is 6. The number of ether oxygens (including phenoxy) is 2. The van der Waals surface area contributed by atoms with Crippen molar-refractivity contribution in [3.8, 4) is 0 Å². The number of hydrogen-bond donors (Lipinski definition) is 4. The van der Waals surface area contributed by atoms with Crippen LogP contribution in [-0.4, -0.2) is 90.6 Å². The van der Waals surface area contributed by atoms with Crippen molar-refractivity contribution in [2.75, 3.05) is 19.7 Å². The van der Waals surface area contributed by atoms with Crippen molar-refractivity contribution in [3.63, 3.8) is 0 Å². The summed E-state index contributed by atoms with van der Waals surface area (Å²) in [5.41, 5.74) is -0.944. The number of hydrogen-bond acceptors (Lipinski definition) is 8. The van der Waals surface area contributed by atoms with Gasteiger partial charge < -0.3 is 35.6 Å². The highest BCUT2D eigenvalue weighted by Crippen LogP contribution is 2.65. The molecule has 260 valence electrons. The van der Waals surface area contributed by atoms with Gasteiger partial charge in [0, 0.05) is 13.1 Å². The number of carbonyl (C=O) groups is 6. The van der Waals surface area contributed by atoms with Gasteiger partial charge in [0.25, 0.3) is 5.91 Å². The fourth-order valence-corrected chi connectivity index (χ4v) is 5.98. The third-order valence-electron chi connectivity index (χ3n) is 8.82. The summed E-state index contributed by atoms with van der Waals surface area (Å²) in [5, 5.41) is 10.8. The summed E-state index contributed by atoms with van der Waals surface area (Å²) in [6.07, 6.45) is 1.06. The van der Waals surface area contributed by atoms with Crippen molar-refractivity contribution in [3.05, 3.63) is 12.7 Å². The fraction of sp³-hybridized carbons (Fsp3) is 0.758. The molecule has 3 unspecified atom stereocenters. The molecule has 0 aromatic heterocycles. The van der Waals surface area contributed by atoms with E-state index in [-0.39, 0.29) is 48.8 Å². The molecule has 1 aliphatic heterocycles. The molecule has 0 aromatic carbocycles. The number of piperidine rings is 1. The maximum atomic E-state index is 14.2. The molecule has 1 saturated heterocycles. The monoisotopic (exact) mass is 649 g/mol. The Morgan fingerprint density at radius 3 is 2.17 bits per heavy atom. The van der Waals surface area contributed by atoms with Crippen molar-refractivity contribution in [2.24, 2.45) is 28.6 Å². The normalized spacial score (nSPS) is 21.7. The molecule has 2 aliphatic rings. The lowest BCUT2D eigenvalue weighted by Crippen LogP contribution is -2.62. The van der Waals surface area contributed by atoms with Gasteiger partial charge in [-0.25, -0.2) is 9.59 Å². The Hall–Kier alpha value is -3.64. The Labute approximate surface area is 273 Å². The predicted octanol–water partition coefficient (Wildman–Crippen LogP) is 2.93. The Morgan fingerprint density at radius 1 is 1.02 bits per heavy atom. The van der Waals surface area contributed by atoms with E-state index in [1.165, 1.54) is 11.0 Å². The minimum absolute atomic E-state index is 0.0610. The van der Waals surface area contributed by atoms with Gasteiger partial charge in [0.2, 0.25) is 17.6 Å². The first kappa shape index (κ1) is 38.5. The highest BCUT2D eigenvalue weighted by Gasteiger charge is 2.70. The minimum atomic E-state index is -1.05. The van der Waals surface area contributed by atoms with Crippen LogP contribution >= 0.6 is 0 Å². The van der Waals surface area contributed by atoms with E-state index in [9.17, 15) is 28.8 Å². The van der Waals surface area contributed by atoms with E-state index in [4.69, 9.17) is 9.47 Å². The summed E-state index contributed by atoms with van der Waals surface area (Å²) in [6.45, 7) is 22.3. The van der Waals surface area contributed by atoms with E-state index in [0.717, 1.165) is 0 Å². The average molecular weight is 650 g/mol. The standard InChI is InChI=1S/C33H55N5O8/c1-12-14-21(25(39)28(41)34-15-13-2)35-27(40)24-23-20(33(23,10)11)16-38(24)29(42)26(32(7,8)9)37-30(43)36-22(18(3)4)17-45-31(44)46-19(5)6/h13,18-24,26H,2,12,14-17H2,1,3-11H3,(H,34,41)(H,35,40)(H2,36,37,43)/t20?,21?,22-,23?,24-,26+/m0/s1. The predicted molar refractivity (Wildman–Crippen MR) is 172 cm³/mol. The summed E-state index contributed by atoms with van der Waals surface area (Å²) in [4.78, 5) is 80.0.